The molecule has 0 aliphatic heterocycles. The average Bonchev–Trinajstić information content (AvgIpc) is 3.14. The molecule has 0 saturated heterocycles. The van der Waals surface area contributed by atoms with Gasteiger partial charge >= 0.3 is 0 Å². The fourth-order valence-electron chi connectivity index (χ4n) is 3.31. The van der Waals surface area contributed by atoms with Crippen molar-refractivity contribution in [2.45, 2.75) is 26.2 Å². The number of hydrogen-bond donors (Lipinski definition) is 1. The summed E-state index contributed by atoms with van der Waals surface area (Å²) in [6, 6.07) is 0. The number of aryl methyl sites for hydroxylation is 1. The van der Waals surface area contributed by atoms with Gasteiger partial charge in [-0.2, -0.15) is 0 Å². The zero-order valence-electron chi connectivity index (χ0n) is 14.7. The molecule has 132 valence electrons. The number of thiophene rings is 1. The van der Waals surface area contributed by atoms with Crippen LogP contribution in [0, 0.1) is 5.92 Å². The summed E-state index contributed by atoms with van der Waals surface area (Å²) in [6.07, 6.45) is 5.04. The van der Waals surface area contributed by atoms with Crippen molar-refractivity contribution in [3.8, 4) is 0 Å². The van der Waals surface area contributed by atoms with Gasteiger partial charge in [0.1, 0.15) is 11.2 Å². The van der Waals surface area contributed by atoms with Crippen molar-refractivity contribution in [3.63, 3.8) is 0 Å². The van der Waals surface area contributed by atoms with E-state index in [1.165, 1.54) is 16.9 Å². The number of nitrogens with zero attached hydrogens (tertiary/aromatic N) is 5. The fourth-order valence-corrected chi connectivity index (χ4v) is 4.49. The molecule has 4 rings (SSSR count). The molecule has 3 heterocycles. The third kappa shape index (κ3) is 3.00. The Balaban J connectivity index is 1.71. The number of likely N-dealkylation sites (N-methyl/N-ethyl adjacent to an activating group) is 1. The monoisotopic (exact) mass is 358 g/mol. The van der Waals surface area contributed by atoms with E-state index in [1.807, 2.05) is 19.0 Å². The topological polar surface area (TPSA) is 75.4 Å². The molecule has 1 N–H and O–H groups in total. The summed E-state index contributed by atoms with van der Waals surface area (Å²) in [4.78, 5) is 25.8. The van der Waals surface area contributed by atoms with E-state index in [1.54, 1.807) is 22.2 Å². The minimum Gasteiger partial charge on any atom is -0.348 e. The molecule has 0 saturated carbocycles. The van der Waals surface area contributed by atoms with Crippen LogP contribution in [0.3, 0.4) is 0 Å². The lowest BCUT2D eigenvalue weighted by Crippen LogP contribution is -2.31. The zero-order chi connectivity index (χ0) is 17.6. The summed E-state index contributed by atoms with van der Waals surface area (Å²) < 4.78 is 1.63. The Labute approximate surface area is 150 Å². The molecule has 0 aromatic carbocycles. The van der Waals surface area contributed by atoms with Crippen LogP contribution in [-0.2, 0) is 12.8 Å². The molecular weight excluding hydrogens is 336 g/mol. The number of rotatable bonds is 4. The SMILES string of the molecule is C[C@@H]1CCc2sc3ncn4nc(C(=O)NCCN(C)C)nc4c3c2C1. The molecule has 1 amide bonds. The standard InChI is InChI=1S/C17H22N6OS/c1-10-4-5-12-11(8-10)13-15-20-14(16(24)18-6-7-22(2)3)21-23(15)9-19-17(13)25-12/h9-10H,4-8H2,1-3H3,(H,18,24)/t10-/m1/s1. The van der Waals surface area contributed by atoms with Crippen LogP contribution in [0.4, 0.5) is 0 Å². The van der Waals surface area contributed by atoms with Gasteiger partial charge in [-0.3, -0.25) is 4.79 Å². The third-order valence-electron chi connectivity index (χ3n) is 4.68. The molecule has 0 radical (unpaired) electrons. The maximum Gasteiger partial charge on any atom is 0.291 e. The average molecular weight is 358 g/mol. The Hall–Kier alpha value is -2.06. The van der Waals surface area contributed by atoms with E-state index in [0.717, 1.165) is 35.3 Å². The van der Waals surface area contributed by atoms with Crippen LogP contribution in [0.25, 0.3) is 15.9 Å². The van der Waals surface area contributed by atoms with Gasteiger partial charge in [0, 0.05) is 18.0 Å². The van der Waals surface area contributed by atoms with Crippen molar-refractivity contribution in [1.82, 2.24) is 29.8 Å². The summed E-state index contributed by atoms with van der Waals surface area (Å²) in [7, 11) is 3.94. The van der Waals surface area contributed by atoms with Crippen LogP contribution in [-0.4, -0.2) is 57.6 Å². The highest BCUT2D eigenvalue weighted by Crippen LogP contribution is 2.38. The Morgan fingerprint density at radius 3 is 3.12 bits per heavy atom. The van der Waals surface area contributed by atoms with Gasteiger partial charge in [-0.1, -0.05) is 6.92 Å². The number of fused-ring (bicyclic) bond motifs is 5. The minimum absolute atomic E-state index is 0.205. The maximum absolute atomic E-state index is 12.3. The van der Waals surface area contributed by atoms with Crippen LogP contribution in [0.5, 0.6) is 0 Å². The van der Waals surface area contributed by atoms with Gasteiger partial charge in [0.2, 0.25) is 5.82 Å². The highest BCUT2D eigenvalue weighted by atomic mass is 32.1. The first-order chi connectivity index (χ1) is 12.0. The number of nitrogens with one attached hydrogen (secondary N) is 1. The van der Waals surface area contributed by atoms with E-state index < -0.39 is 0 Å². The van der Waals surface area contributed by atoms with Crippen LogP contribution in [0.15, 0.2) is 6.33 Å². The number of carbonyl (C=O) groups is 1. The molecule has 3 aromatic heterocycles. The minimum atomic E-state index is -0.240. The first-order valence-electron chi connectivity index (χ1n) is 8.61. The molecule has 3 aromatic rings. The Morgan fingerprint density at radius 2 is 2.32 bits per heavy atom. The van der Waals surface area contributed by atoms with Gasteiger partial charge < -0.3 is 10.2 Å². The summed E-state index contributed by atoms with van der Waals surface area (Å²) in [6.45, 7) is 3.63. The summed E-state index contributed by atoms with van der Waals surface area (Å²) >= 11 is 1.75. The van der Waals surface area contributed by atoms with E-state index in [2.05, 4.69) is 27.3 Å². The van der Waals surface area contributed by atoms with E-state index in [-0.39, 0.29) is 11.7 Å². The van der Waals surface area contributed by atoms with E-state index in [4.69, 9.17) is 0 Å². The number of amides is 1. The van der Waals surface area contributed by atoms with Gasteiger partial charge in [0.05, 0.1) is 5.39 Å². The molecule has 1 atom stereocenters. The Morgan fingerprint density at radius 1 is 1.48 bits per heavy atom. The number of aromatic nitrogens is 4. The van der Waals surface area contributed by atoms with Crippen LogP contribution in [0.1, 0.15) is 34.4 Å². The second-order valence-electron chi connectivity index (χ2n) is 7.04. The lowest BCUT2D eigenvalue weighted by Gasteiger charge is -2.17. The van der Waals surface area contributed by atoms with E-state index in [0.29, 0.717) is 12.5 Å². The second-order valence-corrected chi connectivity index (χ2v) is 8.12. The molecule has 0 fully saturated rings. The van der Waals surface area contributed by atoms with Crippen molar-refractivity contribution in [1.29, 1.82) is 0 Å². The van der Waals surface area contributed by atoms with Gasteiger partial charge in [-0.15, -0.1) is 16.4 Å². The van der Waals surface area contributed by atoms with E-state index in [9.17, 15) is 4.79 Å². The molecule has 1 aliphatic carbocycles. The fraction of sp³-hybridized carbons (Fsp3) is 0.529. The lowest BCUT2D eigenvalue weighted by atomic mass is 9.89. The third-order valence-corrected chi connectivity index (χ3v) is 5.88. The summed E-state index contributed by atoms with van der Waals surface area (Å²) in [5.74, 6) is 0.635. The molecule has 0 unspecified atom stereocenters. The van der Waals surface area contributed by atoms with Crippen LogP contribution >= 0.6 is 11.3 Å². The van der Waals surface area contributed by atoms with Crippen LogP contribution in [0.2, 0.25) is 0 Å². The van der Waals surface area contributed by atoms with Crippen molar-refractivity contribution < 1.29 is 4.79 Å². The summed E-state index contributed by atoms with van der Waals surface area (Å²) in [5.41, 5.74) is 2.10. The van der Waals surface area contributed by atoms with Gasteiger partial charge in [-0.05, 0) is 44.8 Å². The highest BCUT2D eigenvalue weighted by Gasteiger charge is 2.24. The molecule has 0 spiro atoms. The zero-order valence-corrected chi connectivity index (χ0v) is 15.6. The normalized spacial score (nSPS) is 17.4. The summed E-state index contributed by atoms with van der Waals surface area (Å²) in [5, 5.41) is 8.27. The van der Waals surface area contributed by atoms with Crippen molar-refractivity contribution >= 4 is 33.1 Å². The first kappa shape index (κ1) is 16.4. The quantitative estimate of drug-likeness (QED) is 0.769. The molecular formula is C17H22N6OS. The Kier molecular flexibility index (Phi) is 4.16. The number of hydrogen-bond acceptors (Lipinski definition) is 6. The van der Waals surface area contributed by atoms with Crippen molar-refractivity contribution in [2.75, 3.05) is 27.2 Å². The first-order valence-corrected chi connectivity index (χ1v) is 9.43. The predicted molar refractivity (Wildman–Crippen MR) is 98.2 cm³/mol. The lowest BCUT2D eigenvalue weighted by molar-refractivity contribution is 0.0941. The van der Waals surface area contributed by atoms with Crippen molar-refractivity contribution in [3.05, 3.63) is 22.6 Å². The van der Waals surface area contributed by atoms with Crippen molar-refractivity contribution in [2.24, 2.45) is 5.92 Å². The van der Waals surface area contributed by atoms with Gasteiger partial charge in [0.25, 0.3) is 5.91 Å². The molecule has 8 heteroatoms. The largest absolute Gasteiger partial charge is 0.348 e. The highest BCUT2D eigenvalue weighted by molar-refractivity contribution is 7.19. The van der Waals surface area contributed by atoms with Gasteiger partial charge in [0.15, 0.2) is 5.65 Å². The van der Waals surface area contributed by atoms with Crippen LogP contribution < -0.4 is 5.32 Å². The van der Waals surface area contributed by atoms with E-state index >= 15 is 0 Å². The Bertz CT molecular complexity index is 944. The smallest absolute Gasteiger partial charge is 0.291 e. The predicted octanol–water partition coefficient (Wildman–Crippen LogP) is 1.76. The maximum atomic E-state index is 12.3. The molecule has 1 aliphatic rings. The second kappa shape index (κ2) is 6.34. The molecule has 0 bridgehead atoms. The molecule has 25 heavy (non-hydrogen) atoms. The number of carbonyl (C=O) groups excluding carboxylic acids is 1. The van der Waals surface area contributed by atoms with Gasteiger partial charge in [-0.25, -0.2) is 14.5 Å². The molecule has 7 nitrogen and oxygen atoms in total.